The van der Waals surface area contributed by atoms with Crippen LogP contribution in [0.25, 0.3) is 0 Å². The van der Waals surface area contributed by atoms with Gasteiger partial charge < -0.3 is 10.5 Å². The molecule has 1 atom stereocenters. The molecular formula is C12H20N4O3S. The van der Waals surface area contributed by atoms with Gasteiger partial charge in [0, 0.05) is 31.6 Å². The molecule has 1 aliphatic rings. The fraction of sp³-hybridized carbons (Fsp3) is 0.583. The Morgan fingerprint density at radius 2 is 2.30 bits per heavy atom. The molecule has 8 heteroatoms. The van der Waals surface area contributed by atoms with Crippen LogP contribution in [0.4, 0.5) is 5.69 Å². The highest BCUT2D eigenvalue weighted by molar-refractivity contribution is 7.89. The second-order valence-corrected chi connectivity index (χ2v) is 6.65. The maximum atomic E-state index is 12.8. The molecule has 1 aromatic heterocycles. The van der Waals surface area contributed by atoms with Gasteiger partial charge in [-0.1, -0.05) is 6.42 Å². The van der Waals surface area contributed by atoms with Crippen LogP contribution in [-0.2, 0) is 10.0 Å². The lowest BCUT2D eigenvalue weighted by molar-refractivity contribution is 0.192. The van der Waals surface area contributed by atoms with Crippen LogP contribution in [0.5, 0.6) is 0 Å². The lowest BCUT2D eigenvalue weighted by atomic mass is 10.0. The number of aliphatic hydroxyl groups excluding tert-OH is 1. The van der Waals surface area contributed by atoms with Gasteiger partial charge in [-0.3, -0.25) is 10.8 Å². The van der Waals surface area contributed by atoms with Crippen LogP contribution in [0, 0.1) is 0 Å². The van der Waals surface area contributed by atoms with Gasteiger partial charge in [0.15, 0.2) is 0 Å². The second kappa shape index (κ2) is 6.49. The lowest BCUT2D eigenvalue weighted by Gasteiger charge is -2.34. The fourth-order valence-corrected chi connectivity index (χ4v) is 4.38. The number of sulfonamides is 1. The largest absolute Gasteiger partial charge is 0.396 e. The summed E-state index contributed by atoms with van der Waals surface area (Å²) in [6.07, 6.45) is 5.81. The summed E-state index contributed by atoms with van der Waals surface area (Å²) < 4.78 is 27.0. The normalized spacial score (nSPS) is 20.8. The minimum atomic E-state index is -3.66. The first kappa shape index (κ1) is 15.2. The maximum absolute atomic E-state index is 12.8. The van der Waals surface area contributed by atoms with E-state index < -0.39 is 10.0 Å². The van der Waals surface area contributed by atoms with Crippen LogP contribution in [-0.4, -0.2) is 42.0 Å². The van der Waals surface area contributed by atoms with Crippen LogP contribution in [0.3, 0.4) is 0 Å². The van der Waals surface area contributed by atoms with E-state index in [2.05, 4.69) is 10.4 Å². The molecule has 0 aromatic carbocycles. The van der Waals surface area contributed by atoms with Crippen LogP contribution < -0.4 is 11.3 Å². The average Bonchev–Trinajstić information content (AvgIpc) is 2.48. The zero-order chi connectivity index (χ0) is 14.6. The van der Waals surface area contributed by atoms with E-state index in [1.54, 1.807) is 0 Å². The number of anilines is 1. The Morgan fingerprint density at radius 3 is 3.00 bits per heavy atom. The molecule has 1 aromatic rings. The van der Waals surface area contributed by atoms with E-state index in [4.69, 9.17) is 10.9 Å². The third-order valence-corrected chi connectivity index (χ3v) is 5.54. The fourth-order valence-electron chi connectivity index (χ4n) is 2.56. The van der Waals surface area contributed by atoms with Gasteiger partial charge in [-0.25, -0.2) is 8.42 Å². The highest BCUT2D eigenvalue weighted by Crippen LogP contribution is 2.29. The summed E-state index contributed by atoms with van der Waals surface area (Å²) in [5.41, 5.74) is 2.72. The minimum Gasteiger partial charge on any atom is -0.396 e. The molecule has 0 amide bonds. The van der Waals surface area contributed by atoms with E-state index in [9.17, 15) is 8.42 Å². The number of aromatic nitrogens is 1. The van der Waals surface area contributed by atoms with Gasteiger partial charge in [-0.05, 0) is 25.3 Å². The lowest BCUT2D eigenvalue weighted by Crippen LogP contribution is -2.44. The maximum Gasteiger partial charge on any atom is 0.246 e. The van der Waals surface area contributed by atoms with Crippen molar-refractivity contribution in [2.24, 2.45) is 5.84 Å². The highest BCUT2D eigenvalue weighted by atomic mass is 32.2. The van der Waals surface area contributed by atoms with E-state index in [1.165, 1.54) is 22.8 Å². The van der Waals surface area contributed by atoms with Crippen molar-refractivity contribution in [1.82, 2.24) is 9.29 Å². The van der Waals surface area contributed by atoms with Crippen molar-refractivity contribution < 1.29 is 13.5 Å². The Kier molecular flexibility index (Phi) is 4.92. The van der Waals surface area contributed by atoms with E-state index in [0.29, 0.717) is 18.7 Å². The molecular weight excluding hydrogens is 280 g/mol. The van der Waals surface area contributed by atoms with Gasteiger partial charge in [-0.15, -0.1) is 0 Å². The van der Waals surface area contributed by atoms with Crippen molar-refractivity contribution in [3.63, 3.8) is 0 Å². The van der Waals surface area contributed by atoms with Crippen LogP contribution in [0.1, 0.15) is 25.7 Å². The van der Waals surface area contributed by atoms with Crippen molar-refractivity contribution in [3.05, 3.63) is 18.5 Å². The predicted octanol–water partition coefficient (Wildman–Crippen LogP) is 0.293. The molecule has 2 rings (SSSR count). The molecule has 2 heterocycles. The average molecular weight is 300 g/mol. The number of piperidine rings is 1. The van der Waals surface area contributed by atoms with Crippen molar-refractivity contribution in [1.29, 1.82) is 0 Å². The molecule has 0 spiro atoms. The summed E-state index contributed by atoms with van der Waals surface area (Å²) in [5, 5.41) is 9.11. The molecule has 0 aliphatic carbocycles. The van der Waals surface area contributed by atoms with Crippen molar-refractivity contribution in [3.8, 4) is 0 Å². The molecule has 0 saturated carbocycles. The second-order valence-electron chi connectivity index (χ2n) is 4.79. The van der Waals surface area contributed by atoms with Gasteiger partial charge in [0.25, 0.3) is 0 Å². The highest BCUT2D eigenvalue weighted by Gasteiger charge is 2.34. The molecule has 20 heavy (non-hydrogen) atoms. The molecule has 112 valence electrons. The number of hydrogen-bond acceptors (Lipinski definition) is 6. The first-order valence-electron chi connectivity index (χ1n) is 6.64. The standard InChI is InChI=1S/C12H20N4O3S/c13-15-11-4-6-14-9-12(11)20(18,19)16-7-2-1-3-10(16)5-8-17/h4,6,9-10,17H,1-3,5,7-8,13H2,(H,14,15). The van der Waals surface area contributed by atoms with Crippen LogP contribution >= 0.6 is 0 Å². The van der Waals surface area contributed by atoms with Gasteiger partial charge in [0.2, 0.25) is 10.0 Å². The van der Waals surface area contributed by atoms with Crippen molar-refractivity contribution in [2.75, 3.05) is 18.6 Å². The van der Waals surface area contributed by atoms with E-state index in [0.717, 1.165) is 19.3 Å². The Balaban J connectivity index is 2.37. The number of hydrazine groups is 1. The summed E-state index contributed by atoms with van der Waals surface area (Å²) >= 11 is 0. The topological polar surface area (TPSA) is 109 Å². The molecule has 7 nitrogen and oxygen atoms in total. The Hall–Kier alpha value is -1.22. The molecule has 1 aliphatic heterocycles. The zero-order valence-electron chi connectivity index (χ0n) is 11.2. The number of aliphatic hydroxyl groups is 1. The quantitative estimate of drug-likeness (QED) is 0.533. The number of nitrogens with zero attached hydrogens (tertiary/aromatic N) is 2. The molecule has 1 saturated heterocycles. The first-order valence-corrected chi connectivity index (χ1v) is 8.08. The molecule has 0 bridgehead atoms. The Labute approximate surface area is 118 Å². The van der Waals surface area contributed by atoms with Crippen molar-refractivity contribution >= 4 is 15.7 Å². The van der Waals surface area contributed by atoms with E-state index >= 15 is 0 Å². The number of nitrogen functional groups attached to an aromatic ring is 1. The summed E-state index contributed by atoms with van der Waals surface area (Å²) in [7, 11) is -3.66. The predicted molar refractivity (Wildman–Crippen MR) is 75.3 cm³/mol. The van der Waals surface area contributed by atoms with Crippen LogP contribution in [0.15, 0.2) is 23.4 Å². The summed E-state index contributed by atoms with van der Waals surface area (Å²) in [5.74, 6) is 5.37. The first-order chi connectivity index (χ1) is 9.61. The Bertz CT molecular complexity index is 547. The summed E-state index contributed by atoms with van der Waals surface area (Å²) in [6.45, 7) is 0.442. The number of hydrogen-bond donors (Lipinski definition) is 3. The number of rotatable bonds is 5. The monoisotopic (exact) mass is 300 g/mol. The van der Waals surface area contributed by atoms with Crippen LogP contribution in [0.2, 0.25) is 0 Å². The smallest absolute Gasteiger partial charge is 0.246 e. The SMILES string of the molecule is NNc1ccncc1S(=O)(=O)N1CCCCC1CCO. The summed E-state index contributed by atoms with van der Waals surface area (Å²) in [4.78, 5) is 3.95. The minimum absolute atomic E-state index is 0.0221. The zero-order valence-corrected chi connectivity index (χ0v) is 12.0. The third kappa shape index (κ3) is 2.93. The van der Waals surface area contributed by atoms with Gasteiger partial charge in [0.1, 0.15) is 4.90 Å². The van der Waals surface area contributed by atoms with Crippen molar-refractivity contribution in [2.45, 2.75) is 36.6 Å². The number of pyridine rings is 1. The Morgan fingerprint density at radius 1 is 1.50 bits per heavy atom. The van der Waals surface area contributed by atoms with E-state index in [-0.39, 0.29) is 17.5 Å². The van der Waals surface area contributed by atoms with E-state index in [1.807, 2.05) is 0 Å². The number of nitrogens with one attached hydrogen (secondary N) is 1. The van der Waals surface area contributed by atoms with Gasteiger partial charge in [-0.2, -0.15) is 4.31 Å². The number of nitrogens with two attached hydrogens (primary N) is 1. The molecule has 0 radical (unpaired) electrons. The molecule has 1 fully saturated rings. The van der Waals surface area contributed by atoms with Gasteiger partial charge in [0.05, 0.1) is 5.69 Å². The summed E-state index contributed by atoms with van der Waals surface area (Å²) in [6, 6.07) is 1.36. The molecule has 1 unspecified atom stereocenters. The van der Waals surface area contributed by atoms with Gasteiger partial charge >= 0.3 is 0 Å². The molecule has 4 N–H and O–H groups in total. The third-order valence-electron chi connectivity index (χ3n) is 3.56.